The van der Waals surface area contributed by atoms with Crippen LogP contribution in [0.5, 0.6) is 0 Å². The van der Waals surface area contributed by atoms with E-state index in [-0.39, 0.29) is 32.8 Å². The summed E-state index contributed by atoms with van der Waals surface area (Å²) >= 11 is 0. The van der Waals surface area contributed by atoms with Crippen molar-refractivity contribution in [2.24, 2.45) is 7.05 Å². The molecule has 0 aromatic carbocycles. The molecule has 124 valence electrons. The van der Waals surface area contributed by atoms with Crippen molar-refractivity contribution in [3.63, 3.8) is 0 Å². The average molecular weight is 323 g/mol. The van der Waals surface area contributed by atoms with Crippen LogP contribution in [0.25, 0.3) is 0 Å². The first-order valence-corrected chi connectivity index (χ1v) is 8.28. The van der Waals surface area contributed by atoms with Crippen molar-refractivity contribution in [1.82, 2.24) is 9.47 Å². The minimum absolute atomic E-state index is 0.0486. The quantitative estimate of drug-likeness (QED) is 0.429. The summed E-state index contributed by atoms with van der Waals surface area (Å²) in [5.41, 5.74) is 0. The van der Waals surface area contributed by atoms with E-state index >= 15 is 0 Å². The minimum atomic E-state index is -4.21. The molecule has 0 bridgehead atoms. The predicted molar refractivity (Wildman–Crippen MR) is 76.5 cm³/mol. The smallest absolute Gasteiger partial charge is 0.243 e. The first-order chi connectivity index (χ1) is 9.82. The Hall–Kier alpha value is -1.00. The van der Waals surface area contributed by atoms with Crippen LogP contribution in [-0.2, 0) is 23.7 Å². The third-order valence-electron chi connectivity index (χ3n) is 2.68. The van der Waals surface area contributed by atoms with Crippen LogP contribution in [0.4, 0.5) is 0 Å². The third kappa shape index (κ3) is 11.3. The van der Waals surface area contributed by atoms with Crippen molar-refractivity contribution in [2.75, 3.05) is 38.6 Å². The fraction of sp³-hybridized carbons (Fsp3) is 0.750. The van der Waals surface area contributed by atoms with E-state index in [0.717, 1.165) is 6.54 Å². The molecule has 0 unspecified atom stereocenters. The molecule has 1 aromatic rings. The second kappa shape index (κ2) is 10.7. The lowest BCUT2D eigenvalue weighted by Crippen LogP contribution is -2.34. The Balaban J connectivity index is 0.000000423. The molecule has 8 nitrogen and oxygen atoms in total. The number of aliphatic hydroxyl groups excluding tert-OH is 2. The van der Waals surface area contributed by atoms with Gasteiger partial charge >= 0.3 is 0 Å². The van der Waals surface area contributed by atoms with Crippen molar-refractivity contribution in [3.8, 4) is 0 Å². The summed E-state index contributed by atoms with van der Waals surface area (Å²) in [7, 11) is -2.19. The molecule has 1 heterocycles. The first kappa shape index (κ1) is 20.0. The number of nitrogens with zero attached hydrogens (tertiary/aromatic N) is 3. The number of aryl methyl sites for hydroxylation is 2. The monoisotopic (exact) mass is 323 g/mol. The SMILES string of the molecule is CCn1cc[n+](C)c1.O=S(=O)([O-])CCN(CCO)CCO. The molecule has 1 rings (SSSR count). The maximum absolute atomic E-state index is 10.2. The van der Waals surface area contributed by atoms with E-state index in [1.54, 1.807) is 0 Å². The number of rotatable bonds is 8. The van der Waals surface area contributed by atoms with E-state index in [2.05, 4.69) is 24.0 Å². The molecule has 1 aromatic heterocycles. The lowest BCUT2D eigenvalue weighted by molar-refractivity contribution is -0.671. The van der Waals surface area contributed by atoms with Crippen LogP contribution >= 0.6 is 0 Å². The van der Waals surface area contributed by atoms with Crippen molar-refractivity contribution < 1.29 is 27.8 Å². The van der Waals surface area contributed by atoms with Gasteiger partial charge in [0.05, 0.1) is 42.7 Å². The van der Waals surface area contributed by atoms with Crippen molar-refractivity contribution in [3.05, 3.63) is 18.7 Å². The highest BCUT2D eigenvalue weighted by molar-refractivity contribution is 7.85. The maximum atomic E-state index is 10.2. The number of aromatic nitrogens is 2. The summed E-state index contributed by atoms with van der Waals surface area (Å²) in [6.07, 6.45) is 6.14. The van der Waals surface area contributed by atoms with Crippen LogP contribution in [0.3, 0.4) is 0 Å². The summed E-state index contributed by atoms with van der Waals surface area (Å²) in [4.78, 5) is 1.51. The molecule has 0 aliphatic carbocycles. The van der Waals surface area contributed by atoms with E-state index in [9.17, 15) is 13.0 Å². The summed E-state index contributed by atoms with van der Waals surface area (Å²) in [6, 6.07) is 0. The van der Waals surface area contributed by atoms with Gasteiger partial charge in [-0.15, -0.1) is 0 Å². The molecular formula is C12H25N3O5S. The number of imidazole rings is 1. The van der Waals surface area contributed by atoms with Gasteiger partial charge in [-0.2, -0.15) is 0 Å². The molecule has 0 aliphatic rings. The van der Waals surface area contributed by atoms with Gasteiger partial charge in [-0.25, -0.2) is 17.6 Å². The van der Waals surface area contributed by atoms with Crippen molar-refractivity contribution >= 4 is 10.1 Å². The normalized spacial score (nSPS) is 11.3. The standard InChI is InChI=1S/C6H11N2.C6H15NO5S/c1-3-8-5-4-7(2)6-8;8-4-1-7(2-5-9)3-6-13(10,11)12/h4-6H,3H2,1-2H3;8-9H,1-6H2,(H,10,11,12)/q+1;/p-1. The van der Waals surface area contributed by atoms with Crippen LogP contribution in [0.1, 0.15) is 6.92 Å². The lowest BCUT2D eigenvalue weighted by Gasteiger charge is -2.20. The minimum Gasteiger partial charge on any atom is -0.748 e. The van der Waals surface area contributed by atoms with E-state index < -0.39 is 15.9 Å². The molecule has 0 aliphatic heterocycles. The highest BCUT2D eigenvalue weighted by Crippen LogP contribution is 1.90. The van der Waals surface area contributed by atoms with Crippen LogP contribution in [0.15, 0.2) is 18.7 Å². The van der Waals surface area contributed by atoms with Crippen molar-refractivity contribution in [2.45, 2.75) is 13.5 Å². The zero-order valence-corrected chi connectivity index (χ0v) is 13.4. The van der Waals surface area contributed by atoms with Gasteiger partial charge in [-0.1, -0.05) is 0 Å². The van der Waals surface area contributed by atoms with Gasteiger partial charge in [-0.05, 0) is 6.92 Å². The fourth-order valence-electron chi connectivity index (χ4n) is 1.55. The summed E-state index contributed by atoms with van der Waals surface area (Å²) in [5, 5.41) is 17.1. The van der Waals surface area contributed by atoms with E-state index in [4.69, 9.17) is 10.2 Å². The van der Waals surface area contributed by atoms with Gasteiger partial charge in [0.15, 0.2) is 0 Å². The second-order valence-electron chi connectivity index (χ2n) is 4.46. The molecular weight excluding hydrogens is 298 g/mol. The first-order valence-electron chi connectivity index (χ1n) is 6.71. The van der Waals surface area contributed by atoms with Gasteiger partial charge in [0, 0.05) is 19.6 Å². The lowest BCUT2D eigenvalue weighted by atomic mass is 10.5. The molecule has 0 spiro atoms. The van der Waals surface area contributed by atoms with Gasteiger partial charge in [0.1, 0.15) is 12.4 Å². The van der Waals surface area contributed by atoms with Crippen LogP contribution in [-0.4, -0.2) is 71.3 Å². The molecule has 0 saturated carbocycles. The molecule has 21 heavy (non-hydrogen) atoms. The van der Waals surface area contributed by atoms with Crippen LogP contribution in [0.2, 0.25) is 0 Å². The van der Waals surface area contributed by atoms with Crippen LogP contribution < -0.4 is 4.57 Å². The summed E-state index contributed by atoms with van der Waals surface area (Å²) in [5.74, 6) is -0.493. The topological polar surface area (TPSA) is 110 Å². The second-order valence-corrected chi connectivity index (χ2v) is 5.98. The molecule has 9 heteroatoms. The number of aliphatic hydroxyl groups is 2. The van der Waals surface area contributed by atoms with Gasteiger partial charge < -0.3 is 14.8 Å². The average Bonchev–Trinajstić information content (AvgIpc) is 2.82. The third-order valence-corrected chi connectivity index (χ3v) is 3.36. The van der Waals surface area contributed by atoms with Crippen LogP contribution in [0, 0.1) is 0 Å². The van der Waals surface area contributed by atoms with E-state index in [0.29, 0.717) is 0 Å². The highest BCUT2D eigenvalue weighted by atomic mass is 32.2. The Morgan fingerprint density at radius 3 is 2.10 bits per heavy atom. The molecule has 2 N–H and O–H groups in total. The maximum Gasteiger partial charge on any atom is 0.243 e. The number of hydrogen-bond donors (Lipinski definition) is 2. The Kier molecular flexibility index (Phi) is 10.2. The van der Waals surface area contributed by atoms with Gasteiger partial charge in [0.2, 0.25) is 6.33 Å². The highest BCUT2D eigenvalue weighted by Gasteiger charge is 2.05. The molecule has 0 fully saturated rings. The largest absolute Gasteiger partial charge is 0.748 e. The Morgan fingerprint density at radius 2 is 1.81 bits per heavy atom. The van der Waals surface area contributed by atoms with Crippen molar-refractivity contribution in [1.29, 1.82) is 0 Å². The Bertz CT molecular complexity index is 469. The summed E-state index contributed by atoms with van der Waals surface area (Å²) in [6.45, 7) is 3.50. The summed E-state index contributed by atoms with van der Waals surface area (Å²) < 4.78 is 34.9. The predicted octanol–water partition coefficient (Wildman–Crippen LogP) is -1.85. The Labute approximate surface area is 126 Å². The number of hydrogen-bond acceptors (Lipinski definition) is 6. The molecule has 0 atom stereocenters. The zero-order valence-electron chi connectivity index (χ0n) is 12.6. The molecule has 0 amide bonds. The zero-order chi connectivity index (χ0) is 16.3. The van der Waals surface area contributed by atoms with Gasteiger partial charge in [0.25, 0.3) is 0 Å². The molecule has 0 saturated heterocycles. The Morgan fingerprint density at radius 1 is 1.24 bits per heavy atom. The van der Waals surface area contributed by atoms with E-state index in [1.807, 2.05) is 17.8 Å². The van der Waals surface area contributed by atoms with Gasteiger partial charge in [-0.3, -0.25) is 4.90 Å². The molecule has 0 radical (unpaired) electrons. The fourth-order valence-corrected chi connectivity index (χ4v) is 2.03. The van der Waals surface area contributed by atoms with E-state index in [1.165, 1.54) is 4.90 Å².